The van der Waals surface area contributed by atoms with Crippen molar-refractivity contribution in [3.63, 3.8) is 0 Å². The minimum Gasteiger partial charge on any atom is -0.505 e. The summed E-state index contributed by atoms with van der Waals surface area (Å²) in [5.74, 6) is -0.356. The molecule has 0 fully saturated rings. The minimum atomic E-state index is -3.97. The molecule has 0 bridgehead atoms. The molecule has 1 aromatic heterocycles. The largest absolute Gasteiger partial charge is 0.505 e. The molecule has 2 aromatic carbocycles. The van der Waals surface area contributed by atoms with Gasteiger partial charge in [-0.05, 0) is 30.3 Å². The second-order valence-electron chi connectivity index (χ2n) is 5.74. The van der Waals surface area contributed by atoms with Gasteiger partial charge in [-0.3, -0.25) is 9.10 Å². The van der Waals surface area contributed by atoms with Crippen molar-refractivity contribution in [2.45, 2.75) is 4.90 Å². The lowest BCUT2D eigenvalue weighted by atomic mass is 10.1. The first-order valence-electron chi connectivity index (χ1n) is 7.52. The number of aromatic amines is 1. The van der Waals surface area contributed by atoms with E-state index in [1.54, 1.807) is 24.3 Å². The summed E-state index contributed by atoms with van der Waals surface area (Å²) >= 11 is 5.90. The fourth-order valence-electron chi connectivity index (χ4n) is 2.91. The summed E-state index contributed by atoms with van der Waals surface area (Å²) in [6.07, 6.45) is 0. The lowest BCUT2D eigenvalue weighted by molar-refractivity contribution is 0.486. The van der Waals surface area contributed by atoms with Crippen molar-refractivity contribution in [3.05, 3.63) is 69.2 Å². The highest BCUT2D eigenvalue weighted by atomic mass is 35.5. The van der Waals surface area contributed by atoms with E-state index in [0.29, 0.717) is 10.9 Å². The van der Waals surface area contributed by atoms with Crippen LogP contribution in [-0.2, 0) is 10.0 Å². The van der Waals surface area contributed by atoms with Crippen LogP contribution < -0.4 is 5.56 Å². The maximum absolute atomic E-state index is 12.8. The van der Waals surface area contributed by atoms with Crippen molar-refractivity contribution >= 4 is 44.0 Å². The standard InChI is InChI=1S/C17H12ClN3O4S/c1-21-14(16-19-12-5-3-2-4-10(12)17(23)20-16)15(22)11-7-6-9(18)8-13(11)26(21,24)25/h2-8,22H,1H3,(H,19,20,23). The summed E-state index contributed by atoms with van der Waals surface area (Å²) in [6, 6.07) is 10.8. The molecular formula is C17H12ClN3O4S. The van der Waals surface area contributed by atoms with Gasteiger partial charge in [0.1, 0.15) is 10.6 Å². The number of aliphatic hydroxyl groups excluding tert-OH is 1. The molecular weight excluding hydrogens is 378 g/mol. The number of rotatable bonds is 1. The molecule has 0 unspecified atom stereocenters. The Balaban J connectivity index is 2.06. The molecule has 0 radical (unpaired) electrons. The van der Waals surface area contributed by atoms with Crippen molar-refractivity contribution in [1.29, 1.82) is 0 Å². The number of aliphatic hydroxyl groups is 1. The summed E-state index contributed by atoms with van der Waals surface area (Å²) in [7, 11) is -2.69. The molecule has 0 aliphatic carbocycles. The van der Waals surface area contributed by atoms with Crippen LogP contribution in [0.5, 0.6) is 0 Å². The Morgan fingerprint density at radius 3 is 2.69 bits per heavy atom. The van der Waals surface area contributed by atoms with Gasteiger partial charge >= 0.3 is 0 Å². The van der Waals surface area contributed by atoms with E-state index in [1.807, 2.05) is 0 Å². The van der Waals surface area contributed by atoms with Crippen LogP contribution in [0.15, 0.2) is 52.2 Å². The van der Waals surface area contributed by atoms with Crippen LogP contribution in [-0.4, -0.2) is 34.8 Å². The van der Waals surface area contributed by atoms with Gasteiger partial charge in [-0.2, -0.15) is 0 Å². The molecule has 1 aliphatic rings. The predicted molar refractivity (Wildman–Crippen MR) is 98.2 cm³/mol. The van der Waals surface area contributed by atoms with Crippen LogP contribution in [0.2, 0.25) is 5.02 Å². The van der Waals surface area contributed by atoms with Crippen molar-refractivity contribution < 1.29 is 13.5 Å². The van der Waals surface area contributed by atoms with Crippen molar-refractivity contribution in [2.75, 3.05) is 7.05 Å². The monoisotopic (exact) mass is 389 g/mol. The molecule has 2 heterocycles. The summed E-state index contributed by atoms with van der Waals surface area (Å²) in [6.45, 7) is 0. The third-order valence-corrected chi connectivity index (χ3v) is 6.25. The van der Waals surface area contributed by atoms with E-state index in [4.69, 9.17) is 11.6 Å². The Hall–Kier alpha value is -2.84. The van der Waals surface area contributed by atoms with Crippen LogP contribution >= 0.6 is 11.6 Å². The zero-order valence-corrected chi connectivity index (χ0v) is 15.0. The number of nitrogens with one attached hydrogen (secondary N) is 1. The quantitative estimate of drug-likeness (QED) is 0.665. The van der Waals surface area contributed by atoms with Gasteiger partial charge in [0.05, 0.1) is 10.9 Å². The van der Waals surface area contributed by atoms with Gasteiger partial charge in [0.2, 0.25) is 0 Å². The van der Waals surface area contributed by atoms with E-state index in [1.165, 1.54) is 25.2 Å². The number of sulfonamides is 1. The molecule has 0 saturated heterocycles. The number of fused-ring (bicyclic) bond motifs is 2. The highest BCUT2D eigenvalue weighted by molar-refractivity contribution is 7.89. The van der Waals surface area contributed by atoms with Crippen LogP contribution in [0.25, 0.3) is 22.4 Å². The molecule has 0 spiro atoms. The number of nitrogens with zero attached hydrogens (tertiary/aromatic N) is 2. The van der Waals surface area contributed by atoms with E-state index < -0.39 is 15.6 Å². The summed E-state index contributed by atoms with van der Waals surface area (Å²) in [5.41, 5.74) is -0.0566. The number of halogens is 1. The summed E-state index contributed by atoms with van der Waals surface area (Å²) in [5, 5.41) is 11.3. The highest BCUT2D eigenvalue weighted by Crippen LogP contribution is 2.39. The first-order chi connectivity index (χ1) is 12.3. The van der Waals surface area contributed by atoms with Crippen molar-refractivity contribution in [2.24, 2.45) is 0 Å². The second kappa shape index (κ2) is 5.58. The Morgan fingerprint density at radius 2 is 1.92 bits per heavy atom. The predicted octanol–water partition coefficient (Wildman–Crippen LogP) is 2.59. The van der Waals surface area contributed by atoms with Crippen molar-refractivity contribution in [1.82, 2.24) is 14.3 Å². The number of aromatic nitrogens is 2. The molecule has 26 heavy (non-hydrogen) atoms. The Bertz CT molecular complexity index is 1260. The fourth-order valence-corrected chi connectivity index (χ4v) is 4.57. The molecule has 132 valence electrons. The zero-order chi connectivity index (χ0) is 18.6. The molecule has 0 atom stereocenters. The normalized spacial score (nSPS) is 16.0. The average Bonchev–Trinajstić information content (AvgIpc) is 2.60. The molecule has 0 saturated carbocycles. The van der Waals surface area contributed by atoms with E-state index in [2.05, 4.69) is 9.97 Å². The molecule has 0 amide bonds. The molecule has 4 rings (SSSR count). The Labute approximate surface area is 153 Å². The second-order valence-corrected chi connectivity index (χ2v) is 8.12. The van der Waals surface area contributed by atoms with Crippen LogP contribution in [0.4, 0.5) is 0 Å². The third-order valence-electron chi connectivity index (χ3n) is 4.21. The summed E-state index contributed by atoms with van der Waals surface area (Å²) in [4.78, 5) is 19.1. The first-order valence-corrected chi connectivity index (χ1v) is 9.34. The Morgan fingerprint density at radius 1 is 1.19 bits per heavy atom. The maximum Gasteiger partial charge on any atom is 0.265 e. The van der Waals surface area contributed by atoms with Gasteiger partial charge < -0.3 is 10.1 Å². The zero-order valence-electron chi connectivity index (χ0n) is 13.4. The topological polar surface area (TPSA) is 103 Å². The van der Waals surface area contributed by atoms with Crippen LogP contribution in [0.1, 0.15) is 11.4 Å². The number of benzene rings is 2. The lowest BCUT2D eigenvalue weighted by Crippen LogP contribution is -2.32. The number of H-pyrrole nitrogens is 1. The maximum atomic E-state index is 12.8. The lowest BCUT2D eigenvalue weighted by Gasteiger charge is -2.28. The summed E-state index contributed by atoms with van der Waals surface area (Å²) < 4.78 is 26.6. The SMILES string of the molecule is CN1C(c2nc3ccccc3c(=O)[nH]2)=C(O)c2ccc(Cl)cc2S1(=O)=O. The minimum absolute atomic E-state index is 0.0436. The molecule has 7 nitrogen and oxygen atoms in total. The Kier molecular flexibility index (Phi) is 3.57. The van der Waals surface area contributed by atoms with Crippen LogP contribution in [0, 0.1) is 0 Å². The van der Waals surface area contributed by atoms with E-state index in [-0.39, 0.29) is 32.8 Å². The first kappa shape index (κ1) is 16.6. The number of para-hydroxylation sites is 1. The molecule has 1 aliphatic heterocycles. The van der Waals surface area contributed by atoms with Gasteiger partial charge in [0, 0.05) is 17.6 Å². The molecule has 9 heteroatoms. The van der Waals surface area contributed by atoms with Crippen LogP contribution in [0.3, 0.4) is 0 Å². The smallest absolute Gasteiger partial charge is 0.265 e. The van der Waals surface area contributed by atoms with Gasteiger partial charge in [0.15, 0.2) is 11.6 Å². The van der Waals surface area contributed by atoms with Gasteiger partial charge in [-0.25, -0.2) is 13.4 Å². The van der Waals surface area contributed by atoms with E-state index in [9.17, 15) is 18.3 Å². The highest BCUT2D eigenvalue weighted by Gasteiger charge is 2.36. The van der Waals surface area contributed by atoms with Gasteiger partial charge in [0.25, 0.3) is 15.6 Å². The van der Waals surface area contributed by atoms with E-state index in [0.717, 1.165) is 4.31 Å². The van der Waals surface area contributed by atoms with E-state index >= 15 is 0 Å². The number of hydrogen-bond donors (Lipinski definition) is 2. The number of hydrogen-bond acceptors (Lipinski definition) is 5. The average molecular weight is 390 g/mol. The molecule has 3 aromatic rings. The van der Waals surface area contributed by atoms with Gasteiger partial charge in [-0.15, -0.1) is 0 Å². The van der Waals surface area contributed by atoms with Gasteiger partial charge in [-0.1, -0.05) is 23.7 Å². The van der Waals surface area contributed by atoms with Crippen molar-refractivity contribution in [3.8, 4) is 0 Å². The third kappa shape index (κ3) is 2.30. The molecule has 2 N–H and O–H groups in total. The fraction of sp³-hybridized carbons (Fsp3) is 0.0588.